The van der Waals surface area contributed by atoms with Crippen molar-refractivity contribution in [2.75, 3.05) is 24.5 Å². The number of carbonyl (C=O) groups excluding carboxylic acids is 1. The molecule has 0 N–H and O–H groups in total. The van der Waals surface area contributed by atoms with Gasteiger partial charge in [0.1, 0.15) is 16.9 Å². The fraction of sp³-hybridized carbons (Fsp3) is 0.435. The summed E-state index contributed by atoms with van der Waals surface area (Å²) in [4.78, 5) is 22.5. The number of aromatic nitrogens is 3. The molecule has 1 saturated heterocycles. The number of fused-ring (bicyclic) bond motifs is 4. The molecule has 1 fully saturated rings. The predicted octanol–water partition coefficient (Wildman–Crippen LogP) is 3.69. The van der Waals surface area contributed by atoms with Gasteiger partial charge in [-0.3, -0.25) is 4.79 Å². The summed E-state index contributed by atoms with van der Waals surface area (Å²) >= 11 is 0. The number of pyridine rings is 1. The van der Waals surface area contributed by atoms with Crippen LogP contribution in [0.3, 0.4) is 0 Å². The standard InChI is InChI=1S/C23H27N5O2/c1-15(2)13-28-18-7-5-10-24-21(18)27-11-6-8-19(27)23(28)9-12-26(14-23)22(29)20-16(3)25-30-17(20)4/h5-8,10-11,15H,9,12-14H2,1-4H3/t23-/m0/s1. The van der Waals surface area contributed by atoms with Crippen molar-refractivity contribution in [2.24, 2.45) is 5.92 Å². The molecule has 0 unspecified atom stereocenters. The van der Waals surface area contributed by atoms with Gasteiger partial charge in [-0.05, 0) is 50.5 Å². The summed E-state index contributed by atoms with van der Waals surface area (Å²) in [6.07, 6.45) is 4.79. The molecule has 7 nitrogen and oxygen atoms in total. The molecule has 2 aliphatic heterocycles. The summed E-state index contributed by atoms with van der Waals surface area (Å²) in [5.74, 6) is 2.02. The Balaban J connectivity index is 1.59. The van der Waals surface area contributed by atoms with Crippen molar-refractivity contribution >= 4 is 11.6 Å². The third kappa shape index (κ3) is 2.61. The van der Waals surface area contributed by atoms with Crippen LogP contribution < -0.4 is 4.90 Å². The Morgan fingerprint density at radius 3 is 2.83 bits per heavy atom. The summed E-state index contributed by atoms with van der Waals surface area (Å²) in [6, 6.07) is 8.40. The van der Waals surface area contributed by atoms with Crippen molar-refractivity contribution in [3.8, 4) is 5.82 Å². The number of anilines is 1. The number of hydrogen-bond donors (Lipinski definition) is 0. The molecule has 1 atom stereocenters. The van der Waals surface area contributed by atoms with Gasteiger partial charge in [-0.15, -0.1) is 0 Å². The van der Waals surface area contributed by atoms with E-state index in [1.165, 1.54) is 5.69 Å². The van der Waals surface area contributed by atoms with E-state index in [0.29, 0.717) is 36.0 Å². The molecule has 0 radical (unpaired) electrons. The van der Waals surface area contributed by atoms with Gasteiger partial charge in [0.05, 0.1) is 17.1 Å². The predicted molar refractivity (Wildman–Crippen MR) is 114 cm³/mol. The fourth-order valence-electron chi connectivity index (χ4n) is 5.08. The minimum atomic E-state index is -0.279. The fourth-order valence-corrected chi connectivity index (χ4v) is 5.08. The average Bonchev–Trinajstić information content (AvgIpc) is 3.44. The second kappa shape index (κ2) is 6.72. The van der Waals surface area contributed by atoms with Crippen LogP contribution in [0.4, 0.5) is 5.69 Å². The first-order valence-corrected chi connectivity index (χ1v) is 10.6. The first-order valence-electron chi connectivity index (χ1n) is 10.6. The molecule has 156 valence electrons. The number of amides is 1. The van der Waals surface area contributed by atoms with E-state index in [1.54, 1.807) is 6.92 Å². The lowest BCUT2D eigenvalue weighted by Gasteiger charge is -2.47. The quantitative estimate of drug-likeness (QED) is 0.665. The van der Waals surface area contributed by atoms with Crippen LogP contribution in [0.5, 0.6) is 0 Å². The van der Waals surface area contributed by atoms with E-state index in [4.69, 9.17) is 4.52 Å². The molecule has 0 saturated carbocycles. The third-order valence-corrected chi connectivity index (χ3v) is 6.36. The maximum atomic E-state index is 13.4. The second-order valence-corrected chi connectivity index (χ2v) is 8.82. The van der Waals surface area contributed by atoms with Crippen molar-refractivity contribution in [1.82, 2.24) is 19.6 Å². The van der Waals surface area contributed by atoms with Crippen molar-refractivity contribution < 1.29 is 9.32 Å². The first-order chi connectivity index (χ1) is 14.4. The summed E-state index contributed by atoms with van der Waals surface area (Å²) in [5.41, 5.74) is 3.29. The van der Waals surface area contributed by atoms with Crippen LogP contribution >= 0.6 is 0 Å². The lowest BCUT2D eigenvalue weighted by atomic mass is 9.88. The zero-order valence-corrected chi connectivity index (χ0v) is 17.9. The van der Waals surface area contributed by atoms with Gasteiger partial charge in [0, 0.05) is 32.0 Å². The topological polar surface area (TPSA) is 67.4 Å². The molecule has 1 amide bonds. The minimum Gasteiger partial charge on any atom is -0.361 e. The molecule has 7 heteroatoms. The van der Waals surface area contributed by atoms with Crippen LogP contribution in [0.15, 0.2) is 41.2 Å². The van der Waals surface area contributed by atoms with E-state index in [2.05, 4.69) is 57.9 Å². The Kier molecular flexibility index (Phi) is 4.24. The highest BCUT2D eigenvalue weighted by Crippen LogP contribution is 2.47. The monoisotopic (exact) mass is 405 g/mol. The van der Waals surface area contributed by atoms with Gasteiger partial charge in [-0.1, -0.05) is 19.0 Å². The Bertz CT molecular complexity index is 1100. The smallest absolute Gasteiger partial charge is 0.259 e. The van der Waals surface area contributed by atoms with Gasteiger partial charge in [-0.2, -0.15) is 0 Å². The molecule has 0 aromatic carbocycles. The van der Waals surface area contributed by atoms with Gasteiger partial charge in [0.15, 0.2) is 5.82 Å². The number of nitrogens with zero attached hydrogens (tertiary/aromatic N) is 5. The zero-order valence-electron chi connectivity index (χ0n) is 17.9. The Hall–Kier alpha value is -3.09. The Morgan fingerprint density at radius 2 is 2.10 bits per heavy atom. The van der Waals surface area contributed by atoms with Crippen molar-refractivity contribution in [2.45, 2.75) is 39.7 Å². The molecule has 0 bridgehead atoms. The highest BCUT2D eigenvalue weighted by Gasteiger charge is 2.51. The molecule has 3 aromatic heterocycles. The highest BCUT2D eigenvalue weighted by atomic mass is 16.5. The van der Waals surface area contributed by atoms with Crippen LogP contribution in [0.1, 0.15) is 47.8 Å². The molecule has 2 aliphatic rings. The number of carbonyl (C=O) groups is 1. The van der Waals surface area contributed by atoms with E-state index in [-0.39, 0.29) is 11.4 Å². The minimum absolute atomic E-state index is 0.00251. The summed E-state index contributed by atoms with van der Waals surface area (Å²) < 4.78 is 7.45. The van der Waals surface area contributed by atoms with Gasteiger partial charge in [-0.25, -0.2) is 4.98 Å². The number of likely N-dealkylation sites (tertiary alicyclic amines) is 1. The van der Waals surface area contributed by atoms with Crippen molar-refractivity contribution in [3.05, 3.63) is 59.4 Å². The Morgan fingerprint density at radius 1 is 1.27 bits per heavy atom. The molecule has 5 heterocycles. The van der Waals surface area contributed by atoms with Gasteiger partial charge < -0.3 is 18.9 Å². The zero-order chi connectivity index (χ0) is 21.0. The summed E-state index contributed by atoms with van der Waals surface area (Å²) in [7, 11) is 0. The van der Waals surface area contributed by atoms with Crippen LogP contribution in [0, 0.1) is 19.8 Å². The number of hydrogen-bond acceptors (Lipinski definition) is 5. The second-order valence-electron chi connectivity index (χ2n) is 8.82. The van der Waals surface area contributed by atoms with Crippen LogP contribution in [-0.4, -0.2) is 45.1 Å². The molecular formula is C23H27N5O2. The molecule has 5 rings (SSSR count). The molecule has 3 aromatic rings. The number of rotatable bonds is 3. The van der Waals surface area contributed by atoms with Gasteiger partial charge >= 0.3 is 0 Å². The van der Waals surface area contributed by atoms with Crippen LogP contribution in [0.25, 0.3) is 5.82 Å². The van der Waals surface area contributed by atoms with E-state index in [1.807, 2.05) is 24.1 Å². The number of aryl methyl sites for hydroxylation is 2. The van der Waals surface area contributed by atoms with E-state index in [0.717, 1.165) is 24.5 Å². The molecule has 0 aliphatic carbocycles. The third-order valence-electron chi connectivity index (χ3n) is 6.36. The summed E-state index contributed by atoms with van der Waals surface area (Å²) in [6.45, 7) is 10.3. The Labute approximate surface area is 176 Å². The highest BCUT2D eigenvalue weighted by molar-refractivity contribution is 5.96. The van der Waals surface area contributed by atoms with E-state index < -0.39 is 0 Å². The first kappa shape index (κ1) is 18.9. The SMILES string of the molecule is Cc1noc(C)c1C(=O)N1CC[C@]2(C1)c1cccn1-c1ncccc1N2CC(C)C. The van der Waals surface area contributed by atoms with Gasteiger partial charge in [0.2, 0.25) is 0 Å². The van der Waals surface area contributed by atoms with Crippen LogP contribution in [-0.2, 0) is 5.54 Å². The van der Waals surface area contributed by atoms with Crippen molar-refractivity contribution in [1.29, 1.82) is 0 Å². The average molecular weight is 406 g/mol. The summed E-state index contributed by atoms with van der Waals surface area (Å²) in [5, 5.41) is 3.98. The van der Waals surface area contributed by atoms with Crippen molar-refractivity contribution in [3.63, 3.8) is 0 Å². The molecule has 1 spiro atoms. The largest absolute Gasteiger partial charge is 0.361 e. The van der Waals surface area contributed by atoms with E-state index >= 15 is 0 Å². The normalized spacial score (nSPS) is 20.2. The molecular weight excluding hydrogens is 378 g/mol. The maximum absolute atomic E-state index is 13.4. The lowest BCUT2D eigenvalue weighted by molar-refractivity contribution is 0.0779. The maximum Gasteiger partial charge on any atom is 0.259 e. The lowest BCUT2D eigenvalue weighted by Crippen LogP contribution is -2.54. The van der Waals surface area contributed by atoms with Crippen LogP contribution in [0.2, 0.25) is 0 Å². The van der Waals surface area contributed by atoms with E-state index in [9.17, 15) is 4.79 Å². The molecule has 30 heavy (non-hydrogen) atoms. The van der Waals surface area contributed by atoms with Gasteiger partial charge in [0.25, 0.3) is 5.91 Å².